The number of aromatic amines is 1. The molecule has 2 aromatic heterocycles. The maximum atomic E-state index is 12.5. The molecule has 0 bridgehead atoms. The highest BCUT2D eigenvalue weighted by atomic mass is 32.1. The van der Waals surface area contributed by atoms with Crippen molar-refractivity contribution in [2.45, 2.75) is 39.0 Å². The first kappa shape index (κ1) is 19.1. The van der Waals surface area contributed by atoms with Gasteiger partial charge in [-0.2, -0.15) is 0 Å². The van der Waals surface area contributed by atoms with Crippen molar-refractivity contribution in [1.82, 2.24) is 15.3 Å². The summed E-state index contributed by atoms with van der Waals surface area (Å²) in [5.74, 6) is 2.35. The second kappa shape index (κ2) is 8.35. The lowest BCUT2D eigenvalue weighted by atomic mass is 9.89. The Bertz CT molecular complexity index is 970. The minimum Gasteiger partial charge on any atom is -0.456 e. The van der Waals surface area contributed by atoms with Gasteiger partial charge in [0.05, 0.1) is 18.4 Å². The number of fused-ring (bicyclic) bond motifs is 3. The quantitative estimate of drug-likeness (QED) is 0.575. The van der Waals surface area contributed by atoms with Crippen molar-refractivity contribution >= 4 is 33.4 Å². The molecule has 2 N–H and O–H groups in total. The van der Waals surface area contributed by atoms with Gasteiger partial charge in [-0.25, -0.2) is 4.98 Å². The minimum atomic E-state index is -0.534. The third-order valence-corrected chi connectivity index (χ3v) is 5.68. The number of nitrogens with zero attached hydrogens (tertiary/aromatic N) is 1. The summed E-state index contributed by atoms with van der Waals surface area (Å²) >= 11 is 1.57. The maximum absolute atomic E-state index is 12.5. The number of carbonyl (C=O) groups is 2. The number of aryl methyl sites for hydroxylation is 2. The van der Waals surface area contributed by atoms with Crippen LogP contribution in [0.2, 0.25) is 0 Å². The van der Waals surface area contributed by atoms with E-state index < -0.39 is 11.9 Å². The third-order valence-electron chi connectivity index (χ3n) is 4.53. The van der Waals surface area contributed by atoms with Crippen LogP contribution in [0.3, 0.4) is 0 Å². The van der Waals surface area contributed by atoms with E-state index in [1.807, 2.05) is 0 Å². The summed E-state index contributed by atoms with van der Waals surface area (Å²) in [5.41, 5.74) is 0.981. The Morgan fingerprint density at radius 2 is 2.30 bits per heavy atom. The van der Waals surface area contributed by atoms with Crippen LogP contribution in [0.5, 0.6) is 0 Å². The highest BCUT2D eigenvalue weighted by molar-refractivity contribution is 7.18. The number of rotatable bonds is 6. The molecule has 142 valence electrons. The molecular weight excluding hydrogens is 366 g/mol. The van der Waals surface area contributed by atoms with Crippen LogP contribution in [-0.4, -0.2) is 35.0 Å². The molecule has 3 rings (SSSR count). The average Bonchev–Trinajstić information content (AvgIpc) is 3.00. The Morgan fingerprint density at radius 1 is 1.48 bits per heavy atom. The van der Waals surface area contributed by atoms with Gasteiger partial charge in [0.1, 0.15) is 10.7 Å². The Hall–Kier alpha value is -2.66. The van der Waals surface area contributed by atoms with Gasteiger partial charge in [0, 0.05) is 11.3 Å². The van der Waals surface area contributed by atoms with Gasteiger partial charge in [0.25, 0.3) is 11.5 Å². The van der Waals surface area contributed by atoms with Crippen LogP contribution in [0.1, 0.15) is 36.0 Å². The smallest absolute Gasteiger partial charge is 0.306 e. The van der Waals surface area contributed by atoms with E-state index in [-0.39, 0.29) is 31.6 Å². The normalized spacial score (nSPS) is 15.8. The standard InChI is InChI=1S/C19H21N3O4S/c1-3-8-20-15(23)10-26-16(24)7-6-14-21-18(25)17-12-5-4-11(2)9-13(12)27-19(17)22-14/h1,11H,4-10H2,2H3,(H,20,23)(H,21,22,25)/t11-/m1/s1. The average molecular weight is 387 g/mol. The van der Waals surface area contributed by atoms with E-state index in [9.17, 15) is 14.4 Å². The van der Waals surface area contributed by atoms with E-state index >= 15 is 0 Å². The second-order valence-electron chi connectivity index (χ2n) is 6.69. The van der Waals surface area contributed by atoms with Gasteiger partial charge in [-0.1, -0.05) is 12.8 Å². The molecule has 1 aliphatic rings. The van der Waals surface area contributed by atoms with Crippen LogP contribution in [0, 0.1) is 18.3 Å². The van der Waals surface area contributed by atoms with E-state index in [4.69, 9.17) is 11.2 Å². The molecule has 27 heavy (non-hydrogen) atoms. The lowest BCUT2D eigenvalue weighted by molar-refractivity contribution is -0.148. The molecule has 0 unspecified atom stereocenters. The van der Waals surface area contributed by atoms with Gasteiger partial charge < -0.3 is 15.0 Å². The van der Waals surface area contributed by atoms with E-state index in [1.165, 1.54) is 4.88 Å². The van der Waals surface area contributed by atoms with Crippen LogP contribution in [-0.2, 0) is 33.6 Å². The lowest BCUT2D eigenvalue weighted by Gasteiger charge is -2.17. The molecule has 0 spiro atoms. The fourth-order valence-corrected chi connectivity index (χ4v) is 4.55. The predicted molar refractivity (Wildman–Crippen MR) is 103 cm³/mol. The summed E-state index contributed by atoms with van der Waals surface area (Å²) < 4.78 is 4.88. The highest BCUT2D eigenvalue weighted by Gasteiger charge is 2.23. The third kappa shape index (κ3) is 4.55. The summed E-state index contributed by atoms with van der Waals surface area (Å²) in [5, 5.41) is 3.10. The molecule has 0 aromatic carbocycles. The summed E-state index contributed by atoms with van der Waals surface area (Å²) in [6.45, 7) is 1.93. The first-order valence-corrected chi connectivity index (χ1v) is 9.68. The van der Waals surface area contributed by atoms with Crippen molar-refractivity contribution in [3.63, 3.8) is 0 Å². The fraction of sp³-hybridized carbons (Fsp3) is 0.474. The molecule has 1 atom stereocenters. The van der Waals surface area contributed by atoms with Crippen LogP contribution < -0.4 is 10.9 Å². The van der Waals surface area contributed by atoms with Gasteiger partial charge in [-0.05, 0) is 30.7 Å². The molecule has 7 nitrogen and oxygen atoms in total. The number of aromatic nitrogens is 2. The number of hydrogen-bond acceptors (Lipinski definition) is 6. The van der Waals surface area contributed by atoms with E-state index in [0.717, 1.165) is 29.7 Å². The zero-order valence-electron chi connectivity index (χ0n) is 15.1. The Morgan fingerprint density at radius 3 is 3.07 bits per heavy atom. The molecule has 1 amide bonds. The number of hydrogen-bond donors (Lipinski definition) is 2. The van der Waals surface area contributed by atoms with E-state index in [2.05, 4.69) is 28.1 Å². The molecule has 0 aliphatic heterocycles. The number of ether oxygens (including phenoxy) is 1. The maximum Gasteiger partial charge on any atom is 0.306 e. The molecule has 2 heterocycles. The Labute approximate surface area is 160 Å². The first-order chi connectivity index (χ1) is 13.0. The molecule has 0 saturated heterocycles. The Kier molecular flexibility index (Phi) is 5.91. The summed E-state index contributed by atoms with van der Waals surface area (Å²) in [7, 11) is 0. The number of amides is 1. The topological polar surface area (TPSA) is 101 Å². The molecular formula is C19H21N3O4S. The van der Waals surface area contributed by atoms with Gasteiger partial charge in [-0.3, -0.25) is 14.4 Å². The number of esters is 1. The highest BCUT2D eigenvalue weighted by Crippen LogP contribution is 2.35. The number of H-pyrrole nitrogens is 1. The number of terminal acetylenes is 1. The fourth-order valence-electron chi connectivity index (χ4n) is 3.15. The zero-order chi connectivity index (χ0) is 19.4. The van der Waals surface area contributed by atoms with Gasteiger partial charge in [0.15, 0.2) is 6.61 Å². The van der Waals surface area contributed by atoms with Gasteiger partial charge in [0.2, 0.25) is 0 Å². The van der Waals surface area contributed by atoms with Gasteiger partial charge in [-0.15, -0.1) is 17.8 Å². The summed E-state index contributed by atoms with van der Waals surface area (Å²) in [6.07, 6.45) is 8.28. The Balaban J connectivity index is 1.63. The molecule has 1 aliphatic carbocycles. The van der Waals surface area contributed by atoms with Crippen molar-refractivity contribution in [3.05, 3.63) is 26.6 Å². The van der Waals surface area contributed by atoms with Crippen molar-refractivity contribution in [1.29, 1.82) is 0 Å². The first-order valence-electron chi connectivity index (χ1n) is 8.87. The molecule has 2 aromatic rings. The van der Waals surface area contributed by atoms with E-state index in [0.29, 0.717) is 17.1 Å². The van der Waals surface area contributed by atoms with Crippen LogP contribution in [0.4, 0.5) is 0 Å². The predicted octanol–water partition coefficient (Wildman–Crippen LogP) is 1.33. The number of carbonyl (C=O) groups excluding carboxylic acids is 2. The number of thiophene rings is 1. The summed E-state index contributed by atoms with van der Waals surface area (Å²) in [6, 6.07) is 0. The van der Waals surface area contributed by atoms with E-state index in [1.54, 1.807) is 11.3 Å². The zero-order valence-corrected chi connectivity index (χ0v) is 15.9. The molecule has 0 radical (unpaired) electrons. The largest absolute Gasteiger partial charge is 0.456 e. The second-order valence-corrected chi connectivity index (χ2v) is 7.77. The van der Waals surface area contributed by atoms with Crippen molar-refractivity contribution in [3.8, 4) is 12.3 Å². The van der Waals surface area contributed by atoms with Crippen LogP contribution in [0.25, 0.3) is 10.2 Å². The summed E-state index contributed by atoms with van der Waals surface area (Å²) in [4.78, 5) is 44.9. The van der Waals surface area contributed by atoms with Crippen LogP contribution in [0.15, 0.2) is 4.79 Å². The van der Waals surface area contributed by atoms with Crippen molar-refractivity contribution in [2.75, 3.05) is 13.2 Å². The van der Waals surface area contributed by atoms with Gasteiger partial charge >= 0.3 is 5.97 Å². The lowest BCUT2D eigenvalue weighted by Crippen LogP contribution is -2.29. The molecule has 0 saturated carbocycles. The molecule has 8 heteroatoms. The van der Waals surface area contributed by atoms with Crippen LogP contribution >= 0.6 is 11.3 Å². The van der Waals surface area contributed by atoms with Crippen molar-refractivity contribution in [2.24, 2.45) is 5.92 Å². The molecule has 0 fully saturated rings. The van der Waals surface area contributed by atoms with Crippen molar-refractivity contribution < 1.29 is 14.3 Å². The minimum absolute atomic E-state index is 0.0268. The SMILES string of the molecule is C#CCNC(=O)COC(=O)CCc1nc2sc3c(c2c(=O)[nH]1)CC[C@@H](C)C3. The number of nitrogens with one attached hydrogen (secondary N) is 2. The monoisotopic (exact) mass is 387 g/mol.